The standard InChI is InChI=1S/C22H25N5O4/c1-25-17-12-15(16(27-7-3-4-8-27)13-18(17)26(2)22(25)29)24-21(28)23-14-5-6-19-20(11-14)31-10-9-30-19/h5-6,11-13H,3-4,7-10H2,1-2H3,(H2,23,24,28). The highest BCUT2D eigenvalue weighted by Crippen LogP contribution is 2.34. The molecule has 0 unspecified atom stereocenters. The van der Waals surface area contributed by atoms with Gasteiger partial charge in [-0.25, -0.2) is 9.59 Å². The molecule has 0 atom stereocenters. The van der Waals surface area contributed by atoms with E-state index in [1.165, 1.54) is 0 Å². The Morgan fingerprint density at radius 2 is 1.58 bits per heavy atom. The lowest BCUT2D eigenvalue weighted by Crippen LogP contribution is -2.24. The van der Waals surface area contributed by atoms with Crippen molar-refractivity contribution < 1.29 is 14.3 Å². The van der Waals surface area contributed by atoms with Gasteiger partial charge in [-0.3, -0.25) is 9.13 Å². The van der Waals surface area contributed by atoms with Gasteiger partial charge < -0.3 is 25.0 Å². The number of rotatable bonds is 3. The molecule has 2 amide bonds. The molecule has 1 fully saturated rings. The van der Waals surface area contributed by atoms with Crippen LogP contribution in [0.5, 0.6) is 11.5 Å². The number of imidazole rings is 1. The lowest BCUT2D eigenvalue weighted by atomic mass is 10.2. The van der Waals surface area contributed by atoms with Crippen LogP contribution in [0.25, 0.3) is 11.0 Å². The van der Waals surface area contributed by atoms with E-state index in [1.54, 1.807) is 41.4 Å². The van der Waals surface area contributed by atoms with E-state index in [-0.39, 0.29) is 11.7 Å². The minimum Gasteiger partial charge on any atom is -0.486 e. The Labute approximate surface area is 179 Å². The molecule has 1 saturated heterocycles. The predicted molar refractivity (Wildman–Crippen MR) is 120 cm³/mol. The second-order valence-corrected chi connectivity index (χ2v) is 7.89. The van der Waals surface area contributed by atoms with Gasteiger partial charge in [0, 0.05) is 38.9 Å². The van der Waals surface area contributed by atoms with Crippen LogP contribution in [0.1, 0.15) is 12.8 Å². The molecule has 31 heavy (non-hydrogen) atoms. The van der Waals surface area contributed by atoms with Crippen LogP contribution in [0.15, 0.2) is 35.1 Å². The molecule has 2 N–H and O–H groups in total. The summed E-state index contributed by atoms with van der Waals surface area (Å²) < 4.78 is 14.3. The molecule has 2 aliphatic rings. The third-order valence-corrected chi connectivity index (χ3v) is 5.88. The summed E-state index contributed by atoms with van der Waals surface area (Å²) in [5.74, 6) is 1.28. The highest BCUT2D eigenvalue weighted by Gasteiger charge is 2.21. The van der Waals surface area contributed by atoms with Gasteiger partial charge in [0.2, 0.25) is 0 Å². The monoisotopic (exact) mass is 423 g/mol. The molecule has 9 nitrogen and oxygen atoms in total. The van der Waals surface area contributed by atoms with Crippen LogP contribution in [0, 0.1) is 0 Å². The summed E-state index contributed by atoms with van der Waals surface area (Å²) in [6.07, 6.45) is 2.21. The summed E-state index contributed by atoms with van der Waals surface area (Å²) in [5.41, 5.74) is 3.71. The Morgan fingerprint density at radius 1 is 0.903 bits per heavy atom. The normalized spacial score (nSPS) is 15.4. The summed E-state index contributed by atoms with van der Waals surface area (Å²) >= 11 is 0. The van der Waals surface area contributed by atoms with Crippen LogP contribution < -0.4 is 30.7 Å². The van der Waals surface area contributed by atoms with Crippen LogP contribution in [0.4, 0.5) is 21.9 Å². The number of carbonyl (C=O) groups is 1. The first-order chi connectivity index (χ1) is 15.0. The van der Waals surface area contributed by atoms with Crippen LogP contribution >= 0.6 is 0 Å². The van der Waals surface area contributed by atoms with Crippen LogP contribution in [0.3, 0.4) is 0 Å². The number of aromatic nitrogens is 2. The Hall–Kier alpha value is -3.62. The zero-order chi connectivity index (χ0) is 21.5. The van der Waals surface area contributed by atoms with Crippen molar-refractivity contribution in [3.8, 4) is 11.5 Å². The highest BCUT2D eigenvalue weighted by molar-refractivity contribution is 6.04. The van der Waals surface area contributed by atoms with E-state index in [4.69, 9.17) is 9.47 Å². The number of anilines is 3. The quantitative estimate of drug-likeness (QED) is 0.676. The smallest absolute Gasteiger partial charge is 0.328 e. The molecule has 9 heteroatoms. The zero-order valence-corrected chi connectivity index (χ0v) is 17.6. The lowest BCUT2D eigenvalue weighted by molar-refractivity contribution is 0.171. The second-order valence-electron chi connectivity index (χ2n) is 7.89. The predicted octanol–water partition coefficient (Wildman–Crippen LogP) is 2.89. The second kappa shape index (κ2) is 7.57. The van der Waals surface area contributed by atoms with E-state index in [0.29, 0.717) is 36.1 Å². The number of carbonyl (C=O) groups excluding carboxylic acids is 1. The van der Waals surface area contributed by atoms with Gasteiger partial charge >= 0.3 is 11.7 Å². The van der Waals surface area contributed by atoms with Gasteiger partial charge in [0.25, 0.3) is 0 Å². The van der Waals surface area contributed by atoms with Crippen LogP contribution in [0.2, 0.25) is 0 Å². The summed E-state index contributed by atoms with van der Waals surface area (Å²) in [4.78, 5) is 27.5. The van der Waals surface area contributed by atoms with Gasteiger partial charge in [-0.05, 0) is 37.1 Å². The maximum Gasteiger partial charge on any atom is 0.328 e. The van der Waals surface area contributed by atoms with Crippen molar-refractivity contribution in [2.45, 2.75) is 12.8 Å². The zero-order valence-electron chi connectivity index (χ0n) is 17.6. The minimum absolute atomic E-state index is 0.0970. The molecule has 0 radical (unpaired) electrons. The van der Waals surface area contributed by atoms with Crippen molar-refractivity contribution in [2.24, 2.45) is 14.1 Å². The largest absolute Gasteiger partial charge is 0.486 e. The van der Waals surface area contributed by atoms with E-state index >= 15 is 0 Å². The van der Waals surface area contributed by atoms with Crippen molar-refractivity contribution in [3.05, 3.63) is 40.8 Å². The minimum atomic E-state index is -0.364. The first kappa shape index (κ1) is 19.3. The van der Waals surface area contributed by atoms with Crippen LogP contribution in [-0.2, 0) is 14.1 Å². The van der Waals surface area contributed by atoms with Gasteiger partial charge in [-0.15, -0.1) is 0 Å². The average molecular weight is 423 g/mol. The number of benzene rings is 2. The number of nitrogens with one attached hydrogen (secondary N) is 2. The molecule has 3 aromatic rings. The van der Waals surface area contributed by atoms with Gasteiger partial charge in [0.15, 0.2) is 11.5 Å². The third-order valence-electron chi connectivity index (χ3n) is 5.88. The summed E-state index contributed by atoms with van der Waals surface area (Å²) in [5, 5.41) is 5.84. The van der Waals surface area contributed by atoms with E-state index in [9.17, 15) is 9.59 Å². The number of nitrogens with zero attached hydrogens (tertiary/aromatic N) is 3. The Kier molecular flexibility index (Phi) is 4.72. The number of ether oxygens (including phenoxy) is 2. The van der Waals surface area contributed by atoms with Crippen LogP contribution in [-0.4, -0.2) is 41.5 Å². The highest BCUT2D eigenvalue weighted by atomic mass is 16.6. The molecule has 5 rings (SSSR count). The van der Waals surface area contributed by atoms with Gasteiger partial charge in [0.05, 0.1) is 22.4 Å². The molecule has 0 spiro atoms. The Bertz CT molecular complexity index is 1220. The fraction of sp³-hybridized carbons (Fsp3) is 0.364. The topological polar surface area (TPSA) is 89.8 Å². The van der Waals surface area contributed by atoms with Gasteiger partial charge in [-0.1, -0.05) is 0 Å². The maximum atomic E-state index is 12.8. The first-order valence-corrected chi connectivity index (χ1v) is 10.4. The fourth-order valence-electron chi connectivity index (χ4n) is 4.26. The maximum absolute atomic E-state index is 12.8. The molecule has 0 aliphatic carbocycles. The van der Waals surface area contributed by atoms with E-state index in [0.717, 1.165) is 42.7 Å². The van der Waals surface area contributed by atoms with Crippen molar-refractivity contribution in [3.63, 3.8) is 0 Å². The number of amides is 2. The van der Waals surface area contributed by atoms with Crippen molar-refractivity contribution in [2.75, 3.05) is 41.8 Å². The lowest BCUT2D eigenvalue weighted by Gasteiger charge is -2.22. The first-order valence-electron chi connectivity index (χ1n) is 10.4. The number of fused-ring (bicyclic) bond motifs is 2. The van der Waals surface area contributed by atoms with E-state index < -0.39 is 0 Å². The number of urea groups is 1. The van der Waals surface area contributed by atoms with Gasteiger partial charge in [0.1, 0.15) is 13.2 Å². The average Bonchev–Trinajstić information content (AvgIpc) is 3.37. The SMILES string of the molecule is Cn1c(=O)n(C)c2cc(N3CCCC3)c(NC(=O)Nc3ccc4c(c3)OCCO4)cc21. The van der Waals surface area contributed by atoms with E-state index in [2.05, 4.69) is 15.5 Å². The number of aryl methyl sites for hydroxylation is 2. The van der Waals surface area contributed by atoms with Gasteiger partial charge in [-0.2, -0.15) is 0 Å². The summed E-state index contributed by atoms with van der Waals surface area (Å²) in [6.45, 7) is 2.84. The van der Waals surface area contributed by atoms with Crippen molar-refractivity contribution >= 4 is 34.1 Å². The number of hydrogen-bond acceptors (Lipinski definition) is 5. The Morgan fingerprint density at radius 3 is 2.32 bits per heavy atom. The molecular weight excluding hydrogens is 398 g/mol. The molecule has 162 valence electrons. The van der Waals surface area contributed by atoms with Crippen molar-refractivity contribution in [1.29, 1.82) is 0 Å². The molecule has 1 aromatic heterocycles. The number of hydrogen-bond donors (Lipinski definition) is 2. The summed E-state index contributed by atoms with van der Waals surface area (Å²) in [6, 6.07) is 8.80. The Balaban J connectivity index is 1.45. The third kappa shape index (κ3) is 3.45. The molecule has 2 aromatic carbocycles. The molecule has 2 aliphatic heterocycles. The van der Waals surface area contributed by atoms with Crippen molar-refractivity contribution in [1.82, 2.24) is 9.13 Å². The fourth-order valence-corrected chi connectivity index (χ4v) is 4.26. The molecule has 0 bridgehead atoms. The molecule has 3 heterocycles. The van der Waals surface area contributed by atoms with E-state index in [1.807, 2.05) is 12.1 Å². The summed E-state index contributed by atoms with van der Waals surface area (Å²) in [7, 11) is 3.50. The molecule has 0 saturated carbocycles. The molecular formula is C22H25N5O4.